The molecule has 0 atom stereocenters. The van der Waals surface area contributed by atoms with Crippen LogP contribution in [0.25, 0.3) is 0 Å². The zero-order chi connectivity index (χ0) is 9.64. The summed E-state index contributed by atoms with van der Waals surface area (Å²) in [6.45, 7) is 1.55. The van der Waals surface area contributed by atoms with Crippen LogP contribution in [-0.2, 0) is 13.1 Å². The Bertz CT molecular complexity index is 302. The molecule has 0 radical (unpaired) electrons. The van der Waals surface area contributed by atoms with Crippen LogP contribution in [0.5, 0.6) is 0 Å². The summed E-state index contributed by atoms with van der Waals surface area (Å²) in [4.78, 5) is 3.13. The minimum absolute atomic E-state index is 0.773. The zero-order valence-corrected chi connectivity index (χ0v) is 7.56. The number of hydrogen-bond acceptors (Lipinski definition) is 6. The van der Waals surface area contributed by atoms with Gasteiger partial charge < -0.3 is 0 Å². The number of aromatic nitrogens is 8. The minimum Gasteiger partial charge on any atom is -0.164 e. The molecule has 8 nitrogen and oxygen atoms in total. The second-order valence-electron chi connectivity index (χ2n) is 2.77. The predicted molar refractivity (Wildman–Crippen MR) is 44.9 cm³/mol. The molecule has 0 aromatic carbocycles. The summed E-state index contributed by atoms with van der Waals surface area (Å²) in [6, 6.07) is 0. The predicted octanol–water partition coefficient (Wildman–Crippen LogP) is -0.860. The van der Waals surface area contributed by atoms with Gasteiger partial charge in [0.25, 0.3) is 0 Å². The van der Waals surface area contributed by atoms with Gasteiger partial charge in [0.2, 0.25) is 0 Å². The van der Waals surface area contributed by atoms with Crippen LogP contribution < -0.4 is 0 Å². The molecule has 0 N–H and O–H groups in total. The van der Waals surface area contributed by atoms with Crippen molar-refractivity contribution >= 4 is 0 Å². The summed E-state index contributed by atoms with van der Waals surface area (Å²) < 4.78 is 0. The molecule has 2 aromatic heterocycles. The third kappa shape index (κ3) is 2.31. The quantitative estimate of drug-likeness (QED) is 0.575. The van der Waals surface area contributed by atoms with Gasteiger partial charge in [-0.2, -0.15) is 9.59 Å². The van der Waals surface area contributed by atoms with E-state index in [1.165, 1.54) is 12.7 Å². The molecule has 0 unspecified atom stereocenters. The Hall–Kier alpha value is -1.86. The first kappa shape index (κ1) is 8.73. The van der Waals surface area contributed by atoms with E-state index < -0.39 is 0 Å². The number of nitrogens with zero attached hydrogens (tertiary/aromatic N) is 8. The van der Waals surface area contributed by atoms with Gasteiger partial charge in [0.15, 0.2) is 12.7 Å². The molecule has 74 valence electrons. The lowest BCUT2D eigenvalue weighted by atomic mass is 10.3. The fourth-order valence-corrected chi connectivity index (χ4v) is 1.09. The molecule has 0 aliphatic carbocycles. The minimum atomic E-state index is 0.773. The maximum Gasteiger partial charge on any atom is 0.162 e. The van der Waals surface area contributed by atoms with E-state index in [4.69, 9.17) is 0 Å². The summed E-state index contributed by atoms with van der Waals surface area (Å²) in [5, 5.41) is 22.5. The second kappa shape index (κ2) is 4.40. The van der Waals surface area contributed by atoms with Crippen molar-refractivity contribution in [3.05, 3.63) is 12.7 Å². The Kier molecular flexibility index (Phi) is 2.74. The van der Waals surface area contributed by atoms with Crippen LogP contribution in [0, 0.1) is 0 Å². The average Bonchev–Trinajstić information content (AvgIpc) is 2.86. The Morgan fingerprint density at radius 1 is 0.786 bits per heavy atom. The molecule has 0 spiro atoms. The van der Waals surface area contributed by atoms with Crippen molar-refractivity contribution in [3.8, 4) is 0 Å². The zero-order valence-electron chi connectivity index (χ0n) is 7.56. The molecule has 0 aliphatic heterocycles. The molecule has 0 bridgehead atoms. The molecule has 14 heavy (non-hydrogen) atoms. The Morgan fingerprint density at radius 2 is 1.29 bits per heavy atom. The Labute approximate surface area is 79.9 Å². The highest BCUT2D eigenvalue weighted by atomic mass is 15.6. The Balaban J connectivity index is 1.65. The molecule has 0 saturated heterocycles. The lowest BCUT2D eigenvalue weighted by Crippen LogP contribution is -2.06. The van der Waals surface area contributed by atoms with Crippen LogP contribution >= 0.6 is 0 Å². The van der Waals surface area contributed by atoms with Crippen molar-refractivity contribution in [2.45, 2.75) is 25.9 Å². The van der Waals surface area contributed by atoms with Crippen LogP contribution in [0.1, 0.15) is 12.8 Å². The molecular weight excluding hydrogens is 184 g/mol. The van der Waals surface area contributed by atoms with Gasteiger partial charge in [0.05, 0.1) is 13.1 Å². The van der Waals surface area contributed by atoms with Gasteiger partial charge in [-0.3, -0.25) is 0 Å². The van der Waals surface area contributed by atoms with Crippen molar-refractivity contribution in [3.63, 3.8) is 0 Å². The van der Waals surface area contributed by atoms with E-state index in [2.05, 4.69) is 30.8 Å². The first-order valence-corrected chi connectivity index (χ1v) is 4.37. The number of tetrazole rings is 2. The van der Waals surface area contributed by atoms with Crippen molar-refractivity contribution in [1.82, 2.24) is 40.4 Å². The lowest BCUT2D eigenvalue weighted by molar-refractivity contribution is 0.437. The fraction of sp³-hybridized carbons (Fsp3) is 0.667. The normalized spacial score (nSPS) is 10.6. The maximum absolute atomic E-state index is 3.89. The number of unbranched alkanes of at least 4 members (excludes halogenated alkanes) is 1. The molecule has 0 amide bonds. The number of rotatable bonds is 5. The van der Waals surface area contributed by atoms with E-state index in [9.17, 15) is 0 Å². The highest BCUT2D eigenvalue weighted by Crippen LogP contribution is 1.93. The SMILES string of the molecule is c1nnn(CCCCn2ncnn2)n1. The first-order valence-electron chi connectivity index (χ1n) is 4.37. The highest BCUT2D eigenvalue weighted by molar-refractivity contribution is 4.44. The van der Waals surface area contributed by atoms with E-state index in [1.807, 2.05) is 0 Å². The highest BCUT2D eigenvalue weighted by Gasteiger charge is 1.95. The summed E-state index contributed by atoms with van der Waals surface area (Å²) in [5.41, 5.74) is 0. The van der Waals surface area contributed by atoms with Crippen molar-refractivity contribution in [2.75, 3.05) is 0 Å². The largest absolute Gasteiger partial charge is 0.164 e. The van der Waals surface area contributed by atoms with Crippen molar-refractivity contribution in [1.29, 1.82) is 0 Å². The van der Waals surface area contributed by atoms with E-state index in [0.29, 0.717) is 0 Å². The first-order chi connectivity index (χ1) is 6.95. The van der Waals surface area contributed by atoms with Gasteiger partial charge in [-0.1, -0.05) is 0 Å². The van der Waals surface area contributed by atoms with Gasteiger partial charge >= 0.3 is 0 Å². The van der Waals surface area contributed by atoms with E-state index >= 15 is 0 Å². The van der Waals surface area contributed by atoms with Crippen molar-refractivity contribution < 1.29 is 0 Å². The molecule has 2 heterocycles. The molecule has 0 saturated carbocycles. The summed E-state index contributed by atoms with van der Waals surface area (Å²) in [5.74, 6) is 0. The maximum atomic E-state index is 3.89. The van der Waals surface area contributed by atoms with Crippen LogP contribution in [0.15, 0.2) is 12.7 Å². The lowest BCUT2D eigenvalue weighted by Gasteiger charge is -1.98. The van der Waals surface area contributed by atoms with Gasteiger partial charge in [-0.25, -0.2) is 0 Å². The molecule has 8 heteroatoms. The van der Waals surface area contributed by atoms with Gasteiger partial charge in [-0.05, 0) is 23.3 Å². The molecule has 0 fully saturated rings. The standard InChI is InChI=1S/C6H10N8/c1(3-13-9-5-7-11-13)2-4-14-10-6-8-12-14/h5-6H,1-4H2. The topological polar surface area (TPSA) is 87.2 Å². The van der Waals surface area contributed by atoms with Crippen LogP contribution in [-0.4, -0.2) is 40.4 Å². The van der Waals surface area contributed by atoms with Crippen LogP contribution in [0.2, 0.25) is 0 Å². The van der Waals surface area contributed by atoms with Gasteiger partial charge in [-0.15, -0.1) is 20.4 Å². The van der Waals surface area contributed by atoms with Gasteiger partial charge in [0, 0.05) is 0 Å². The molecule has 2 rings (SSSR count). The smallest absolute Gasteiger partial charge is 0.162 e. The number of aryl methyl sites for hydroxylation is 2. The van der Waals surface area contributed by atoms with Crippen LogP contribution in [0.4, 0.5) is 0 Å². The average molecular weight is 194 g/mol. The molecular formula is C6H10N8. The third-order valence-electron chi connectivity index (χ3n) is 1.75. The van der Waals surface area contributed by atoms with Crippen molar-refractivity contribution in [2.24, 2.45) is 0 Å². The monoisotopic (exact) mass is 194 g/mol. The second-order valence-corrected chi connectivity index (χ2v) is 2.77. The molecule has 2 aromatic rings. The Morgan fingerprint density at radius 3 is 1.64 bits per heavy atom. The molecule has 0 aliphatic rings. The van der Waals surface area contributed by atoms with Crippen LogP contribution in [0.3, 0.4) is 0 Å². The summed E-state index contributed by atoms with van der Waals surface area (Å²) in [7, 11) is 0. The third-order valence-corrected chi connectivity index (χ3v) is 1.75. The number of hydrogen-bond donors (Lipinski definition) is 0. The van der Waals surface area contributed by atoms with E-state index in [0.717, 1.165) is 25.9 Å². The summed E-state index contributed by atoms with van der Waals surface area (Å²) >= 11 is 0. The van der Waals surface area contributed by atoms with Gasteiger partial charge in [0.1, 0.15) is 0 Å². The van der Waals surface area contributed by atoms with E-state index in [1.54, 1.807) is 9.59 Å². The van der Waals surface area contributed by atoms with E-state index in [-0.39, 0.29) is 0 Å². The summed E-state index contributed by atoms with van der Waals surface area (Å²) in [6.07, 6.45) is 4.80. The fourth-order valence-electron chi connectivity index (χ4n) is 1.09.